The number of hydrogen-bond donors (Lipinski definition) is 0. The van der Waals surface area contributed by atoms with Crippen molar-refractivity contribution < 1.29 is 327 Å². The molecule has 98 valence electrons. The third-order valence-corrected chi connectivity index (χ3v) is 0.500. The summed E-state index contributed by atoms with van der Waals surface area (Å²) in [5.74, 6) is 0. The van der Waals surface area contributed by atoms with E-state index in [2.05, 4.69) is 27.7 Å². The number of unbranched alkanes of at least 4 members (excludes halogenated alkanes) is 2. The molecule has 0 nitrogen and oxygen atoms in total. The maximum absolute atomic E-state index is 3.54. The van der Waals surface area contributed by atoms with Crippen LogP contribution in [0.15, 0.2) is 0 Å². The van der Waals surface area contributed by atoms with Crippen molar-refractivity contribution in [1.82, 2.24) is 0 Å². The van der Waals surface area contributed by atoms with E-state index in [1.165, 1.54) is 0 Å². The van der Waals surface area contributed by atoms with Crippen LogP contribution >= 0.6 is 0 Å². The second-order valence-corrected chi connectivity index (χ2v) is 1.41. The Bertz CT molecular complexity index is 28.0. The zero-order valence-corrected chi connectivity index (χ0v) is 41.8. The van der Waals surface area contributed by atoms with Crippen LogP contribution in [0, 0.1) is 42.5 Å². The van der Waals surface area contributed by atoms with Gasteiger partial charge in [-0.25, -0.2) is 25.7 Å². The summed E-state index contributed by atoms with van der Waals surface area (Å²) in [6.45, 7) is 14.2. The fourth-order valence-electron chi connectivity index (χ4n) is 0. The van der Waals surface area contributed by atoms with Crippen LogP contribution in [0.25, 0.3) is 0 Å². The predicted octanol–water partition coefficient (Wildman–Crippen LogP) is 3.75. The van der Waals surface area contributed by atoms with E-state index in [9.17, 15) is 0 Å². The molecular weight excluding hydrogens is 1010 g/mol. The van der Waals surface area contributed by atoms with Crippen LogP contribution in [-0.4, -0.2) is 0 Å². The third-order valence-electron chi connectivity index (χ3n) is 0.500. The van der Waals surface area contributed by atoms with Gasteiger partial charge < -0.3 is 42.5 Å². The van der Waals surface area contributed by atoms with E-state index in [0.717, 1.165) is 25.7 Å². The minimum absolute atomic E-state index is 0. The molecule has 0 unspecified atom stereocenters. The summed E-state index contributed by atoms with van der Waals surface area (Å²) in [7, 11) is 0. The van der Waals surface area contributed by atoms with E-state index in [4.69, 9.17) is 0 Å². The second kappa shape index (κ2) is 112. The molecule has 0 aromatic carbocycles. The Morgan fingerprint density at radius 1 is 0.300 bits per heavy atom. The first kappa shape index (κ1) is 96.5. The molecule has 0 N–H and O–H groups in total. The van der Waals surface area contributed by atoms with E-state index in [0.29, 0.717) is 0 Å². The van der Waals surface area contributed by atoms with Gasteiger partial charge in [0.25, 0.3) is 0 Å². The van der Waals surface area contributed by atoms with Crippen molar-refractivity contribution in [2.24, 2.45) is 0 Å². The first-order chi connectivity index (χ1) is 3.83. The minimum Gasteiger partial charge on any atom is -0.358 e. The fourth-order valence-corrected chi connectivity index (χ4v) is 0. The predicted molar refractivity (Wildman–Crippen MR) is 52.7 cm³/mol. The molecule has 0 amide bonds. The van der Waals surface area contributed by atoms with Gasteiger partial charge in [-0.2, -0.15) is 0 Å². The molecule has 0 fully saturated rings. The Balaban J connectivity index is -0.00000000187. The topological polar surface area (TPSA) is 0 Å². The van der Waals surface area contributed by atoms with E-state index in [1.54, 1.807) is 0 Å². The molecule has 0 heterocycles. The second-order valence-electron chi connectivity index (χ2n) is 1.41. The van der Waals surface area contributed by atoms with Crippen molar-refractivity contribution in [3.63, 3.8) is 0 Å². The van der Waals surface area contributed by atoms with Crippen molar-refractivity contribution in [2.75, 3.05) is 0 Å². The molecule has 0 aliphatic rings. The molecule has 0 aromatic rings. The molecule has 0 spiro atoms. The summed E-state index contributed by atoms with van der Waals surface area (Å²) in [6, 6.07) is 0. The summed E-state index contributed by atoms with van der Waals surface area (Å²) < 4.78 is 0. The zero-order valence-electron chi connectivity index (χ0n) is 13.4. The van der Waals surface area contributed by atoms with Crippen LogP contribution < -0.4 is 0 Å². The third kappa shape index (κ3) is 134. The van der Waals surface area contributed by atoms with Gasteiger partial charge in [0.1, 0.15) is 0 Å². The van der Waals surface area contributed by atoms with Gasteiger partial charge in [0.05, 0.1) is 0 Å². The quantitative estimate of drug-likeness (QED) is 0.371. The van der Waals surface area contributed by atoms with Crippen molar-refractivity contribution in [2.45, 2.75) is 25.7 Å². The molecule has 0 aromatic heterocycles. The first-order valence-electron chi connectivity index (χ1n) is 3.00. The van der Waals surface area contributed by atoms with Crippen molar-refractivity contribution in [1.29, 1.82) is 0 Å². The van der Waals surface area contributed by atoms with Crippen LogP contribution in [-0.2, 0) is 327 Å². The molecule has 0 aliphatic heterocycles. The monoisotopic (exact) mass is 1030 g/mol. The first-order valence-corrected chi connectivity index (χ1v) is 3.00. The SMILES string of the molecule is [CH2-]CC[CH2-].[CH2-]CC[CH2-].[CH3-].[CH3-].[Y].[Y].[Y].[Y].[Y].[Y].[Y].[Y].[Y].[Y]. The van der Waals surface area contributed by atoms with Crippen molar-refractivity contribution >= 4 is 0 Å². The standard InChI is InChI=1S/2C4H8.2CH3.10Y/c2*1-3-4-2;;;;;;;;;;;;/h2*1-4H2;2*1H3;;;;;;;;;;/q2*-2;2*-1;;;;;;;;;;. The molecule has 0 saturated carbocycles. The molecular formula is C10H22Y10-6. The Hall–Kier alpha value is 11.0. The smallest absolute Gasteiger partial charge is 0 e. The van der Waals surface area contributed by atoms with Crippen LogP contribution in [0.2, 0.25) is 0 Å². The average Bonchev–Trinajstić information content (AvgIpc) is 1.88. The average molecular weight is 1030 g/mol. The summed E-state index contributed by atoms with van der Waals surface area (Å²) >= 11 is 0. The van der Waals surface area contributed by atoms with Gasteiger partial charge in [-0.15, -0.1) is 0 Å². The number of rotatable bonds is 2. The van der Waals surface area contributed by atoms with Gasteiger partial charge in [0.2, 0.25) is 0 Å². The summed E-state index contributed by atoms with van der Waals surface area (Å²) in [6.07, 6.45) is 3.83. The molecule has 20 heavy (non-hydrogen) atoms. The Kier molecular flexibility index (Phi) is 540. The molecule has 0 atom stereocenters. The molecule has 10 heteroatoms. The van der Waals surface area contributed by atoms with Gasteiger partial charge in [0, 0.05) is 327 Å². The van der Waals surface area contributed by atoms with Gasteiger partial charge in [-0.1, -0.05) is 0 Å². The van der Waals surface area contributed by atoms with E-state index in [-0.39, 0.29) is 342 Å². The maximum atomic E-state index is 3.54. The minimum atomic E-state index is 0. The van der Waals surface area contributed by atoms with Gasteiger partial charge in [0.15, 0.2) is 0 Å². The van der Waals surface area contributed by atoms with Crippen LogP contribution in [0.1, 0.15) is 25.7 Å². The van der Waals surface area contributed by atoms with Gasteiger partial charge in [-0.3, -0.25) is 0 Å². The van der Waals surface area contributed by atoms with Crippen LogP contribution in [0.5, 0.6) is 0 Å². The Labute approximate surface area is 383 Å². The largest absolute Gasteiger partial charge is 0.358 e. The molecule has 10 radical (unpaired) electrons. The van der Waals surface area contributed by atoms with Crippen molar-refractivity contribution in [3.05, 3.63) is 42.5 Å². The van der Waals surface area contributed by atoms with Crippen LogP contribution in [0.4, 0.5) is 0 Å². The van der Waals surface area contributed by atoms with Gasteiger partial charge in [-0.05, 0) is 0 Å². The molecule has 0 rings (SSSR count). The molecule has 0 aliphatic carbocycles. The zero-order chi connectivity index (χ0) is 6.83. The number of hydrogen-bond acceptors (Lipinski definition) is 0. The van der Waals surface area contributed by atoms with Crippen LogP contribution in [0.3, 0.4) is 0 Å². The Morgan fingerprint density at radius 3 is 0.350 bits per heavy atom. The summed E-state index contributed by atoms with van der Waals surface area (Å²) in [4.78, 5) is 0. The van der Waals surface area contributed by atoms with E-state index in [1.807, 2.05) is 0 Å². The fraction of sp³-hybridized carbons (Fsp3) is 0.400. The summed E-state index contributed by atoms with van der Waals surface area (Å²) in [5.41, 5.74) is 0. The van der Waals surface area contributed by atoms with Crippen molar-refractivity contribution in [3.8, 4) is 0 Å². The molecule has 0 bridgehead atoms. The maximum Gasteiger partial charge on any atom is 0 e. The summed E-state index contributed by atoms with van der Waals surface area (Å²) in [5, 5.41) is 0. The van der Waals surface area contributed by atoms with E-state index < -0.39 is 0 Å². The van der Waals surface area contributed by atoms with Gasteiger partial charge >= 0.3 is 0 Å². The Morgan fingerprint density at radius 2 is 0.350 bits per heavy atom. The van der Waals surface area contributed by atoms with E-state index >= 15 is 0 Å². The molecule has 0 saturated heterocycles. The normalized spacial score (nSPS) is 3.00.